The molecule has 0 aliphatic heterocycles. The van der Waals surface area contributed by atoms with Gasteiger partial charge in [0.15, 0.2) is 0 Å². The highest BCUT2D eigenvalue weighted by atomic mass is 32.2. The zero-order valence-electron chi connectivity index (χ0n) is 12.4. The number of hydrogen-bond donors (Lipinski definition) is 2. The van der Waals surface area contributed by atoms with E-state index >= 15 is 0 Å². The number of rotatable bonds is 7. The van der Waals surface area contributed by atoms with Crippen LogP contribution in [-0.4, -0.2) is 31.6 Å². The molecule has 0 aromatic heterocycles. The van der Waals surface area contributed by atoms with Crippen LogP contribution in [0.1, 0.15) is 27.2 Å². The number of nitrogens with one attached hydrogen (secondary N) is 1. The Morgan fingerprint density at radius 2 is 2.05 bits per heavy atom. The molecule has 0 saturated heterocycles. The van der Waals surface area contributed by atoms with Gasteiger partial charge in [-0.15, -0.1) is 11.8 Å². The van der Waals surface area contributed by atoms with E-state index in [1.54, 1.807) is 30.9 Å². The third kappa shape index (κ3) is 4.57. The molecule has 0 atom stereocenters. The summed E-state index contributed by atoms with van der Waals surface area (Å²) in [6, 6.07) is 5.29. The molecule has 0 fully saturated rings. The summed E-state index contributed by atoms with van der Waals surface area (Å²) < 4.78 is 28.2. The zero-order chi connectivity index (χ0) is 15.3. The second kappa shape index (κ2) is 7.19. The number of benzene rings is 1. The Hall–Kier alpha value is -0.920. The number of nitrogen functional groups attached to an aromatic ring is 1. The molecule has 0 spiro atoms. The van der Waals surface area contributed by atoms with E-state index in [1.165, 1.54) is 4.31 Å². The smallest absolute Gasteiger partial charge is 0.301 e. The fraction of sp³-hybridized carbons (Fsp3) is 0.538. The van der Waals surface area contributed by atoms with Gasteiger partial charge in [-0.2, -0.15) is 12.7 Å². The van der Waals surface area contributed by atoms with Crippen LogP contribution >= 0.6 is 11.8 Å². The van der Waals surface area contributed by atoms with Gasteiger partial charge in [0.25, 0.3) is 0 Å². The van der Waals surface area contributed by atoms with E-state index in [1.807, 2.05) is 19.9 Å². The van der Waals surface area contributed by atoms with Gasteiger partial charge >= 0.3 is 10.2 Å². The molecular weight excluding hydrogens is 294 g/mol. The van der Waals surface area contributed by atoms with E-state index in [0.29, 0.717) is 11.4 Å². The average Bonchev–Trinajstić information content (AvgIpc) is 2.38. The van der Waals surface area contributed by atoms with Gasteiger partial charge in [-0.3, -0.25) is 4.72 Å². The number of thioether (sulfide) groups is 1. The molecule has 0 aliphatic rings. The summed E-state index contributed by atoms with van der Waals surface area (Å²) in [5.41, 5.74) is 6.70. The maximum absolute atomic E-state index is 12.2. The maximum Gasteiger partial charge on any atom is 0.301 e. The van der Waals surface area contributed by atoms with E-state index in [2.05, 4.69) is 11.6 Å². The van der Waals surface area contributed by atoms with Crippen LogP contribution < -0.4 is 10.5 Å². The molecule has 20 heavy (non-hydrogen) atoms. The molecule has 1 aromatic carbocycles. The lowest BCUT2D eigenvalue weighted by atomic mass is 10.3. The summed E-state index contributed by atoms with van der Waals surface area (Å²) in [5, 5.41) is 0. The Bertz CT molecular complexity index is 545. The van der Waals surface area contributed by atoms with E-state index in [9.17, 15) is 8.42 Å². The molecule has 0 aliphatic carbocycles. The second-order valence-electron chi connectivity index (χ2n) is 4.81. The monoisotopic (exact) mass is 317 g/mol. The second-order valence-corrected chi connectivity index (χ2v) is 7.71. The van der Waals surface area contributed by atoms with Gasteiger partial charge in [0.2, 0.25) is 0 Å². The Balaban J connectivity index is 2.96. The van der Waals surface area contributed by atoms with Crippen LogP contribution in [0, 0.1) is 0 Å². The summed E-state index contributed by atoms with van der Waals surface area (Å²) in [6.45, 7) is 5.73. The van der Waals surface area contributed by atoms with Gasteiger partial charge in [-0.25, -0.2) is 0 Å². The van der Waals surface area contributed by atoms with Gasteiger partial charge < -0.3 is 5.73 Å². The summed E-state index contributed by atoms with van der Waals surface area (Å²) in [5.74, 6) is 0.988. The van der Waals surface area contributed by atoms with Gasteiger partial charge in [-0.05, 0) is 44.2 Å². The molecular formula is C13H23N3O2S2. The average molecular weight is 317 g/mol. The maximum atomic E-state index is 12.2. The van der Waals surface area contributed by atoms with Crippen molar-refractivity contribution in [3.05, 3.63) is 18.2 Å². The van der Waals surface area contributed by atoms with Crippen molar-refractivity contribution in [2.24, 2.45) is 0 Å². The fourth-order valence-electron chi connectivity index (χ4n) is 1.42. The topological polar surface area (TPSA) is 75.4 Å². The van der Waals surface area contributed by atoms with Crippen molar-refractivity contribution < 1.29 is 8.42 Å². The first-order valence-corrected chi connectivity index (χ1v) is 8.98. The van der Waals surface area contributed by atoms with E-state index < -0.39 is 10.2 Å². The zero-order valence-corrected chi connectivity index (χ0v) is 14.0. The van der Waals surface area contributed by atoms with Crippen LogP contribution in [0.15, 0.2) is 23.1 Å². The quantitative estimate of drug-likeness (QED) is 0.599. The molecule has 3 N–H and O–H groups in total. The molecule has 114 valence electrons. The van der Waals surface area contributed by atoms with Crippen molar-refractivity contribution >= 4 is 33.3 Å². The van der Waals surface area contributed by atoms with Crippen molar-refractivity contribution in [3.8, 4) is 0 Å². The van der Waals surface area contributed by atoms with Crippen LogP contribution in [0.3, 0.4) is 0 Å². The molecule has 0 amide bonds. The lowest BCUT2D eigenvalue weighted by molar-refractivity contribution is 0.414. The fourth-order valence-corrected chi connectivity index (χ4v) is 3.38. The predicted molar refractivity (Wildman–Crippen MR) is 87.3 cm³/mol. The van der Waals surface area contributed by atoms with Crippen LogP contribution in [0.2, 0.25) is 0 Å². The first-order chi connectivity index (χ1) is 9.27. The van der Waals surface area contributed by atoms with Gasteiger partial charge in [0.05, 0.1) is 11.4 Å². The standard InChI is InChI=1S/C13H23N3O2S2/c1-5-8-19-11-6-7-12(14)13(9-11)15-20(17,18)16(4)10(2)3/h6-7,9-10,15H,5,8,14H2,1-4H3. The molecule has 7 heteroatoms. The minimum absolute atomic E-state index is 0.119. The SMILES string of the molecule is CCCSc1ccc(N)c(NS(=O)(=O)N(C)C(C)C)c1. The summed E-state index contributed by atoms with van der Waals surface area (Å²) in [4.78, 5) is 1.01. The van der Waals surface area contributed by atoms with Crippen LogP contribution in [-0.2, 0) is 10.2 Å². The number of anilines is 2. The summed E-state index contributed by atoms with van der Waals surface area (Å²) in [7, 11) is -2.04. The molecule has 1 rings (SSSR count). The van der Waals surface area contributed by atoms with Crippen molar-refractivity contribution in [2.45, 2.75) is 38.1 Å². The largest absolute Gasteiger partial charge is 0.397 e. The Kier molecular flexibility index (Phi) is 6.16. The highest BCUT2D eigenvalue weighted by Gasteiger charge is 2.21. The molecule has 0 heterocycles. The number of nitrogens with two attached hydrogens (primary N) is 1. The van der Waals surface area contributed by atoms with Crippen molar-refractivity contribution in [1.29, 1.82) is 0 Å². The van der Waals surface area contributed by atoms with E-state index in [-0.39, 0.29) is 6.04 Å². The van der Waals surface area contributed by atoms with Crippen LogP contribution in [0.25, 0.3) is 0 Å². The van der Waals surface area contributed by atoms with Gasteiger partial charge in [-0.1, -0.05) is 6.92 Å². The van der Waals surface area contributed by atoms with Crippen molar-refractivity contribution in [2.75, 3.05) is 23.3 Å². The van der Waals surface area contributed by atoms with Gasteiger partial charge in [0, 0.05) is 18.0 Å². The number of nitrogens with zero attached hydrogens (tertiary/aromatic N) is 1. The van der Waals surface area contributed by atoms with Gasteiger partial charge in [0.1, 0.15) is 0 Å². The van der Waals surface area contributed by atoms with E-state index in [0.717, 1.165) is 17.1 Å². The van der Waals surface area contributed by atoms with Crippen LogP contribution in [0.4, 0.5) is 11.4 Å². The lowest BCUT2D eigenvalue weighted by Gasteiger charge is -2.22. The normalized spacial score (nSPS) is 12.1. The molecule has 0 bridgehead atoms. The van der Waals surface area contributed by atoms with Crippen molar-refractivity contribution in [1.82, 2.24) is 4.31 Å². The minimum atomic E-state index is -3.58. The Morgan fingerprint density at radius 1 is 1.40 bits per heavy atom. The Labute approximate surface area is 126 Å². The first-order valence-electron chi connectivity index (χ1n) is 6.56. The molecule has 1 aromatic rings. The first kappa shape index (κ1) is 17.1. The molecule has 0 saturated carbocycles. The molecule has 5 nitrogen and oxygen atoms in total. The Morgan fingerprint density at radius 3 is 2.60 bits per heavy atom. The predicted octanol–water partition coefficient (Wildman–Crippen LogP) is 2.77. The summed E-state index contributed by atoms with van der Waals surface area (Å²) in [6.07, 6.45) is 1.06. The lowest BCUT2D eigenvalue weighted by Crippen LogP contribution is -2.37. The highest BCUT2D eigenvalue weighted by molar-refractivity contribution is 7.99. The molecule has 0 unspecified atom stereocenters. The molecule has 0 radical (unpaired) electrons. The third-order valence-electron chi connectivity index (χ3n) is 2.84. The minimum Gasteiger partial charge on any atom is -0.397 e. The third-order valence-corrected chi connectivity index (χ3v) is 5.70. The number of hydrogen-bond acceptors (Lipinski definition) is 4. The summed E-state index contributed by atoms with van der Waals surface area (Å²) >= 11 is 1.68. The highest BCUT2D eigenvalue weighted by Crippen LogP contribution is 2.28. The van der Waals surface area contributed by atoms with Crippen LogP contribution in [0.5, 0.6) is 0 Å². The van der Waals surface area contributed by atoms with E-state index in [4.69, 9.17) is 5.73 Å². The van der Waals surface area contributed by atoms with Crippen molar-refractivity contribution in [3.63, 3.8) is 0 Å².